The largest absolute Gasteiger partial charge is 0.379 e. The number of ether oxygens (including phenoxy) is 7. The van der Waals surface area contributed by atoms with Crippen LogP contribution in [-0.4, -0.2) is 122 Å². The van der Waals surface area contributed by atoms with Crippen molar-refractivity contribution in [1.82, 2.24) is 4.90 Å². The molecule has 1 aliphatic rings. The summed E-state index contributed by atoms with van der Waals surface area (Å²) in [7, 11) is 0. The number of benzene rings is 1. The van der Waals surface area contributed by atoms with E-state index in [1.807, 2.05) is 0 Å². The van der Waals surface area contributed by atoms with Gasteiger partial charge in [0.25, 0.3) is 11.8 Å². The summed E-state index contributed by atoms with van der Waals surface area (Å²) in [4.78, 5) is 25.7. The average Bonchev–Trinajstić information content (AvgIpc) is 3.19. The van der Waals surface area contributed by atoms with E-state index in [1.165, 1.54) is 11.3 Å². The van der Waals surface area contributed by atoms with E-state index in [0.717, 1.165) is 31.7 Å². The zero-order chi connectivity index (χ0) is 27.8. The Morgan fingerprint density at radius 2 is 0.846 bits per heavy atom. The van der Waals surface area contributed by atoms with E-state index < -0.39 is 0 Å². The van der Waals surface area contributed by atoms with Crippen LogP contribution in [0.1, 0.15) is 46.4 Å². The van der Waals surface area contributed by atoms with E-state index in [0.29, 0.717) is 90.4 Å². The number of imide groups is 1. The van der Waals surface area contributed by atoms with Gasteiger partial charge in [0.1, 0.15) is 0 Å². The second-order valence-corrected chi connectivity index (χ2v) is 9.08. The number of carbonyl (C=O) groups excluding carboxylic acids is 2. The number of alkyl halides is 1. The van der Waals surface area contributed by atoms with Gasteiger partial charge in [0.15, 0.2) is 0 Å². The highest BCUT2D eigenvalue weighted by molar-refractivity contribution is 6.21. The Balaban J connectivity index is 1.23. The molecular formula is C28H44ClNO9. The number of carbonyl (C=O) groups is 2. The minimum atomic E-state index is -0.272. The average molecular weight is 574 g/mol. The van der Waals surface area contributed by atoms with Crippen molar-refractivity contribution in [2.75, 3.05) is 105 Å². The summed E-state index contributed by atoms with van der Waals surface area (Å²) in [6.07, 6.45) is 4.47. The second-order valence-electron chi connectivity index (χ2n) is 8.70. The van der Waals surface area contributed by atoms with Crippen LogP contribution in [0.15, 0.2) is 24.3 Å². The van der Waals surface area contributed by atoms with Gasteiger partial charge in [0.2, 0.25) is 0 Å². The van der Waals surface area contributed by atoms with Crippen molar-refractivity contribution in [3.05, 3.63) is 35.4 Å². The SMILES string of the molecule is O=C1c2ccccc2C(=O)N1CCOCCOCCOCCOCCOCCOCCOCCCCCCCl. The summed E-state index contributed by atoms with van der Waals surface area (Å²) >= 11 is 5.64. The molecule has 0 unspecified atom stereocenters. The first-order chi connectivity index (χ1) is 19.3. The zero-order valence-corrected chi connectivity index (χ0v) is 23.7. The molecule has 1 aromatic carbocycles. The van der Waals surface area contributed by atoms with Crippen molar-refractivity contribution in [2.24, 2.45) is 0 Å². The van der Waals surface area contributed by atoms with Crippen LogP contribution in [0.25, 0.3) is 0 Å². The van der Waals surface area contributed by atoms with Gasteiger partial charge >= 0.3 is 0 Å². The predicted octanol–water partition coefficient (Wildman–Crippen LogP) is 3.20. The first-order valence-corrected chi connectivity index (χ1v) is 14.3. The van der Waals surface area contributed by atoms with Crippen LogP contribution >= 0.6 is 11.6 Å². The molecule has 0 aliphatic carbocycles. The molecule has 0 bridgehead atoms. The van der Waals surface area contributed by atoms with Crippen molar-refractivity contribution < 1.29 is 42.7 Å². The van der Waals surface area contributed by atoms with Crippen LogP contribution in [0.3, 0.4) is 0 Å². The normalized spacial score (nSPS) is 13.0. The van der Waals surface area contributed by atoms with E-state index in [2.05, 4.69) is 0 Å². The van der Waals surface area contributed by atoms with Crippen LogP contribution in [0, 0.1) is 0 Å². The zero-order valence-electron chi connectivity index (χ0n) is 23.0. The van der Waals surface area contributed by atoms with Gasteiger partial charge in [0, 0.05) is 12.5 Å². The van der Waals surface area contributed by atoms with Gasteiger partial charge in [-0.3, -0.25) is 14.5 Å². The molecule has 10 nitrogen and oxygen atoms in total. The monoisotopic (exact) mass is 573 g/mol. The van der Waals surface area contributed by atoms with E-state index in [1.54, 1.807) is 24.3 Å². The molecule has 0 spiro atoms. The molecule has 39 heavy (non-hydrogen) atoms. The lowest BCUT2D eigenvalue weighted by Crippen LogP contribution is -2.33. The summed E-state index contributed by atoms with van der Waals surface area (Å²) in [6.45, 7) is 7.21. The minimum Gasteiger partial charge on any atom is -0.379 e. The van der Waals surface area contributed by atoms with Gasteiger partial charge in [-0.15, -0.1) is 11.6 Å². The van der Waals surface area contributed by atoms with Crippen LogP contribution in [0.4, 0.5) is 0 Å². The number of nitrogens with zero attached hydrogens (tertiary/aromatic N) is 1. The fourth-order valence-corrected chi connectivity index (χ4v) is 3.86. The Hall–Kier alpha value is -1.63. The molecule has 0 aromatic heterocycles. The van der Waals surface area contributed by atoms with E-state index in [-0.39, 0.29) is 25.0 Å². The number of unbranched alkanes of at least 4 members (excludes halogenated alkanes) is 3. The molecule has 0 saturated heterocycles. The predicted molar refractivity (Wildman–Crippen MR) is 147 cm³/mol. The van der Waals surface area contributed by atoms with E-state index in [4.69, 9.17) is 44.8 Å². The van der Waals surface area contributed by atoms with Gasteiger partial charge in [-0.05, 0) is 25.0 Å². The Kier molecular flexibility index (Phi) is 19.9. The summed E-state index contributed by atoms with van der Waals surface area (Å²) in [6, 6.07) is 6.83. The maximum Gasteiger partial charge on any atom is 0.261 e. The molecule has 0 saturated carbocycles. The maximum atomic E-state index is 12.3. The van der Waals surface area contributed by atoms with Crippen LogP contribution in [-0.2, 0) is 33.2 Å². The highest BCUT2D eigenvalue weighted by atomic mass is 35.5. The molecule has 0 radical (unpaired) electrons. The van der Waals surface area contributed by atoms with Crippen molar-refractivity contribution >= 4 is 23.4 Å². The number of fused-ring (bicyclic) bond motifs is 1. The molecule has 0 atom stereocenters. The number of hydrogen-bond acceptors (Lipinski definition) is 9. The molecule has 1 aliphatic heterocycles. The maximum absolute atomic E-state index is 12.3. The van der Waals surface area contributed by atoms with Gasteiger partial charge in [-0.2, -0.15) is 0 Å². The van der Waals surface area contributed by atoms with Gasteiger partial charge in [-0.25, -0.2) is 0 Å². The molecule has 0 fully saturated rings. The first-order valence-electron chi connectivity index (χ1n) is 13.8. The Bertz CT molecular complexity index is 748. The van der Waals surface area contributed by atoms with Crippen molar-refractivity contribution in [2.45, 2.75) is 25.7 Å². The second kappa shape index (κ2) is 23.1. The van der Waals surface area contributed by atoms with Crippen LogP contribution < -0.4 is 0 Å². The summed E-state index contributed by atoms with van der Waals surface area (Å²) in [5, 5.41) is 0. The lowest BCUT2D eigenvalue weighted by molar-refractivity contribution is -0.0208. The fourth-order valence-electron chi connectivity index (χ4n) is 3.67. The van der Waals surface area contributed by atoms with Gasteiger partial charge < -0.3 is 33.2 Å². The van der Waals surface area contributed by atoms with Crippen molar-refractivity contribution in [3.8, 4) is 0 Å². The Labute approximate surface area is 237 Å². The Morgan fingerprint density at radius 3 is 1.26 bits per heavy atom. The molecular weight excluding hydrogens is 530 g/mol. The Morgan fingerprint density at radius 1 is 0.487 bits per heavy atom. The number of halogens is 1. The summed E-state index contributed by atoms with van der Waals surface area (Å²) < 4.78 is 38.3. The number of amides is 2. The topological polar surface area (TPSA) is 102 Å². The van der Waals surface area contributed by atoms with E-state index in [9.17, 15) is 9.59 Å². The smallest absolute Gasteiger partial charge is 0.261 e. The number of hydrogen-bond donors (Lipinski definition) is 0. The molecule has 11 heteroatoms. The standard InChI is InChI=1S/C28H44ClNO9/c29-9-5-1-2-6-11-33-13-15-35-17-19-37-21-23-39-24-22-38-20-18-36-16-14-34-12-10-30-27(31)25-7-3-4-8-26(25)28(30)32/h3-4,7-8H,1-2,5-6,9-24H2. The quantitative estimate of drug-likeness (QED) is 0.0892. The highest BCUT2D eigenvalue weighted by Crippen LogP contribution is 2.21. The third-order valence-electron chi connectivity index (χ3n) is 5.74. The lowest BCUT2D eigenvalue weighted by Gasteiger charge is -2.13. The minimum absolute atomic E-state index is 0.223. The molecule has 2 rings (SSSR count). The lowest BCUT2D eigenvalue weighted by atomic mass is 10.1. The van der Waals surface area contributed by atoms with Gasteiger partial charge in [-0.1, -0.05) is 25.0 Å². The summed E-state index contributed by atoms with van der Waals surface area (Å²) in [5.74, 6) is 0.195. The molecule has 1 aromatic rings. The van der Waals surface area contributed by atoms with E-state index >= 15 is 0 Å². The van der Waals surface area contributed by atoms with Gasteiger partial charge in [0.05, 0.1) is 104 Å². The van der Waals surface area contributed by atoms with Crippen molar-refractivity contribution in [1.29, 1.82) is 0 Å². The number of rotatable bonds is 27. The fraction of sp³-hybridized carbons (Fsp3) is 0.714. The molecule has 222 valence electrons. The highest BCUT2D eigenvalue weighted by Gasteiger charge is 2.34. The summed E-state index contributed by atoms with van der Waals surface area (Å²) in [5.41, 5.74) is 0.895. The third-order valence-corrected chi connectivity index (χ3v) is 6.01. The van der Waals surface area contributed by atoms with Crippen LogP contribution in [0.5, 0.6) is 0 Å². The first kappa shape index (κ1) is 33.6. The molecule has 0 N–H and O–H groups in total. The van der Waals surface area contributed by atoms with Crippen LogP contribution in [0.2, 0.25) is 0 Å². The molecule has 1 heterocycles. The third kappa shape index (κ3) is 15.1. The van der Waals surface area contributed by atoms with Crippen molar-refractivity contribution in [3.63, 3.8) is 0 Å². The molecule has 2 amide bonds.